The van der Waals surface area contributed by atoms with Crippen LogP contribution in [0.25, 0.3) is 0 Å². The van der Waals surface area contributed by atoms with Crippen molar-refractivity contribution in [2.75, 3.05) is 13.2 Å². The lowest BCUT2D eigenvalue weighted by Crippen LogP contribution is -2.58. The Morgan fingerprint density at radius 3 is 2.65 bits per heavy atom. The maximum atomic E-state index is 11.8. The smallest absolute Gasteiger partial charge is 0.330 e. The van der Waals surface area contributed by atoms with E-state index in [-0.39, 0.29) is 12.0 Å². The van der Waals surface area contributed by atoms with E-state index in [1.54, 1.807) is 0 Å². The number of ether oxygens (including phenoxy) is 1. The van der Waals surface area contributed by atoms with Crippen molar-refractivity contribution in [2.45, 2.75) is 26.4 Å². The molecule has 0 radical (unpaired) electrons. The van der Waals surface area contributed by atoms with Crippen LogP contribution in [0.1, 0.15) is 20.3 Å². The van der Waals surface area contributed by atoms with Gasteiger partial charge >= 0.3 is 6.03 Å². The van der Waals surface area contributed by atoms with Gasteiger partial charge in [-0.3, -0.25) is 19.8 Å². The van der Waals surface area contributed by atoms with Gasteiger partial charge in [0.2, 0.25) is 11.8 Å². The molecular formula is C11H16N2O4. The molecule has 2 aliphatic heterocycles. The molecular weight excluding hydrogens is 224 g/mol. The van der Waals surface area contributed by atoms with Gasteiger partial charge in [-0.1, -0.05) is 0 Å². The standard InChI is InChI=1S/C11H16N2O4/c1-6-9(14)12-11(16)13(10(6)15)5-8-3-4-17-7(8)2/h6-8H,3-5H2,1-2H3,(H,12,14,16). The fraction of sp³-hybridized carbons (Fsp3) is 0.727. The molecule has 2 aliphatic rings. The first-order valence-electron chi connectivity index (χ1n) is 5.78. The summed E-state index contributed by atoms with van der Waals surface area (Å²) in [5.74, 6) is -1.57. The van der Waals surface area contributed by atoms with Gasteiger partial charge in [0.05, 0.1) is 6.10 Å². The highest BCUT2D eigenvalue weighted by Gasteiger charge is 2.39. The number of carbonyl (C=O) groups is 3. The molecule has 3 unspecified atom stereocenters. The number of hydrogen-bond acceptors (Lipinski definition) is 4. The van der Waals surface area contributed by atoms with Crippen molar-refractivity contribution in [3.8, 4) is 0 Å². The van der Waals surface area contributed by atoms with E-state index in [9.17, 15) is 14.4 Å². The lowest BCUT2D eigenvalue weighted by atomic mass is 10.00. The maximum absolute atomic E-state index is 11.8. The van der Waals surface area contributed by atoms with E-state index in [4.69, 9.17) is 4.74 Å². The molecule has 2 heterocycles. The highest BCUT2D eigenvalue weighted by molar-refractivity contribution is 6.15. The predicted octanol–water partition coefficient (Wildman–Crippen LogP) is 0.126. The number of hydrogen-bond donors (Lipinski definition) is 1. The van der Waals surface area contributed by atoms with E-state index < -0.39 is 23.8 Å². The zero-order valence-electron chi connectivity index (χ0n) is 9.93. The van der Waals surface area contributed by atoms with E-state index in [1.807, 2.05) is 6.92 Å². The molecule has 1 N–H and O–H groups in total. The Morgan fingerprint density at radius 1 is 1.35 bits per heavy atom. The van der Waals surface area contributed by atoms with Crippen molar-refractivity contribution in [2.24, 2.45) is 11.8 Å². The van der Waals surface area contributed by atoms with Crippen LogP contribution in [-0.2, 0) is 14.3 Å². The fourth-order valence-electron chi connectivity index (χ4n) is 2.15. The van der Waals surface area contributed by atoms with E-state index in [1.165, 1.54) is 6.92 Å². The first-order valence-corrected chi connectivity index (χ1v) is 5.78. The highest BCUT2D eigenvalue weighted by atomic mass is 16.5. The van der Waals surface area contributed by atoms with Crippen LogP contribution in [0.5, 0.6) is 0 Å². The normalized spacial score (nSPS) is 34.1. The molecule has 2 fully saturated rings. The third-order valence-corrected chi connectivity index (χ3v) is 3.46. The lowest BCUT2D eigenvalue weighted by molar-refractivity contribution is -0.142. The van der Waals surface area contributed by atoms with Crippen LogP contribution in [0, 0.1) is 11.8 Å². The Bertz CT molecular complexity index is 368. The van der Waals surface area contributed by atoms with Crippen molar-refractivity contribution in [1.29, 1.82) is 0 Å². The molecule has 3 atom stereocenters. The van der Waals surface area contributed by atoms with Crippen LogP contribution in [0.4, 0.5) is 4.79 Å². The molecule has 0 saturated carbocycles. The molecule has 6 heteroatoms. The van der Waals surface area contributed by atoms with Crippen LogP contribution >= 0.6 is 0 Å². The van der Waals surface area contributed by atoms with Crippen LogP contribution in [0.2, 0.25) is 0 Å². The topological polar surface area (TPSA) is 75.7 Å². The molecule has 6 nitrogen and oxygen atoms in total. The predicted molar refractivity (Wildman–Crippen MR) is 57.9 cm³/mol. The maximum Gasteiger partial charge on any atom is 0.330 e. The zero-order valence-corrected chi connectivity index (χ0v) is 9.93. The molecule has 4 amide bonds. The molecule has 2 rings (SSSR count). The molecule has 94 valence electrons. The summed E-state index contributed by atoms with van der Waals surface area (Å²) in [4.78, 5) is 35.8. The van der Waals surface area contributed by atoms with Crippen LogP contribution in [0.15, 0.2) is 0 Å². The molecule has 2 saturated heterocycles. The van der Waals surface area contributed by atoms with E-state index >= 15 is 0 Å². The van der Waals surface area contributed by atoms with Crippen molar-refractivity contribution < 1.29 is 19.1 Å². The van der Waals surface area contributed by atoms with Crippen LogP contribution < -0.4 is 5.32 Å². The van der Waals surface area contributed by atoms with E-state index in [2.05, 4.69) is 5.32 Å². The number of amides is 4. The molecule has 0 aromatic rings. The van der Waals surface area contributed by atoms with E-state index in [0.717, 1.165) is 11.3 Å². The Kier molecular flexibility index (Phi) is 3.15. The van der Waals surface area contributed by atoms with Crippen molar-refractivity contribution in [3.63, 3.8) is 0 Å². The minimum atomic E-state index is -0.787. The summed E-state index contributed by atoms with van der Waals surface area (Å²) < 4.78 is 5.39. The average molecular weight is 240 g/mol. The van der Waals surface area contributed by atoms with Gasteiger partial charge in [0.25, 0.3) is 0 Å². The quantitative estimate of drug-likeness (QED) is 0.696. The number of nitrogens with one attached hydrogen (secondary N) is 1. The van der Waals surface area contributed by atoms with Crippen LogP contribution in [-0.4, -0.2) is 42.0 Å². The molecule has 0 aromatic heterocycles. The van der Waals surface area contributed by atoms with Gasteiger partial charge in [0, 0.05) is 19.1 Å². The highest BCUT2D eigenvalue weighted by Crippen LogP contribution is 2.23. The summed E-state index contributed by atoms with van der Waals surface area (Å²) in [5.41, 5.74) is 0. The van der Waals surface area contributed by atoms with Gasteiger partial charge in [0.15, 0.2) is 0 Å². The van der Waals surface area contributed by atoms with Gasteiger partial charge in [-0.15, -0.1) is 0 Å². The Morgan fingerprint density at radius 2 is 2.06 bits per heavy atom. The summed E-state index contributed by atoms with van der Waals surface area (Å²) >= 11 is 0. The zero-order chi connectivity index (χ0) is 12.6. The summed E-state index contributed by atoms with van der Waals surface area (Å²) in [5, 5.41) is 2.18. The Hall–Kier alpha value is -1.43. The van der Waals surface area contributed by atoms with E-state index in [0.29, 0.717) is 13.2 Å². The van der Waals surface area contributed by atoms with Crippen LogP contribution in [0.3, 0.4) is 0 Å². The third kappa shape index (κ3) is 2.17. The number of imide groups is 2. The average Bonchev–Trinajstić information content (AvgIpc) is 2.67. The van der Waals surface area contributed by atoms with Gasteiger partial charge in [-0.05, 0) is 20.3 Å². The third-order valence-electron chi connectivity index (χ3n) is 3.46. The van der Waals surface area contributed by atoms with Gasteiger partial charge < -0.3 is 4.74 Å². The lowest BCUT2D eigenvalue weighted by Gasteiger charge is -2.30. The fourth-order valence-corrected chi connectivity index (χ4v) is 2.15. The molecule has 0 spiro atoms. The van der Waals surface area contributed by atoms with Gasteiger partial charge in [-0.25, -0.2) is 4.79 Å². The second-order valence-corrected chi connectivity index (χ2v) is 4.59. The Balaban J connectivity index is 2.06. The monoisotopic (exact) mass is 240 g/mol. The number of barbiturate groups is 1. The molecule has 0 aromatic carbocycles. The number of urea groups is 1. The van der Waals surface area contributed by atoms with Crippen molar-refractivity contribution in [3.05, 3.63) is 0 Å². The summed E-state index contributed by atoms with van der Waals surface area (Å²) in [6.07, 6.45) is 0.879. The first-order chi connectivity index (χ1) is 8.00. The number of carbonyl (C=O) groups excluding carboxylic acids is 3. The minimum Gasteiger partial charge on any atom is -0.378 e. The molecule has 0 bridgehead atoms. The Labute approximate surface area is 99.3 Å². The SMILES string of the molecule is CC1C(=O)NC(=O)N(CC2CCOC2C)C1=O. The summed E-state index contributed by atoms with van der Waals surface area (Å²) in [6, 6.07) is -0.614. The largest absolute Gasteiger partial charge is 0.378 e. The minimum absolute atomic E-state index is 0.0449. The number of rotatable bonds is 2. The van der Waals surface area contributed by atoms with Gasteiger partial charge in [0.1, 0.15) is 5.92 Å². The van der Waals surface area contributed by atoms with Gasteiger partial charge in [-0.2, -0.15) is 0 Å². The second kappa shape index (κ2) is 4.44. The number of nitrogens with zero attached hydrogens (tertiary/aromatic N) is 1. The first kappa shape index (κ1) is 12.0. The molecule has 17 heavy (non-hydrogen) atoms. The summed E-state index contributed by atoms with van der Waals surface area (Å²) in [6.45, 7) is 4.41. The second-order valence-electron chi connectivity index (χ2n) is 4.59. The van der Waals surface area contributed by atoms with Crippen molar-refractivity contribution in [1.82, 2.24) is 10.2 Å². The summed E-state index contributed by atoms with van der Waals surface area (Å²) in [7, 11) is 0. The molecule has 0 aliphatic carbocycles. The van der Waals surface area contributed by atoms with Crippen molar-refractivity contribution >= 4 is 17.8 Å².